The third kappa shape index (κ3) is 4.78. The normalized spacial score (nSPS) is 12.1. The van der Waals surface area contributed by atoms with Crippen LogP contribution in [0, 0.1) is 10.1 Å². The van der Waals surface area contributed by atoms with Gasteiger partial charge in [-0.3, -0.25) is 10.1 Å². The van der Waals surface area contributed by atoms with Crippen molar-refractivity contribution < 1.29 is 22.2 Å². The molecule has 10 nitrogen and oxygen atoms in total. The number of rotatable bonds is 9. The number of hydrogen-bond donors (Lipinski definition) is 0. The van der Waals surface area contributed by atoms with Crippen LogP contribution < -0.4 is 0 Å². The van der Waals surface area contributed by atoms with E-state index in [0.29, 0.717) is 24.4 Å². The minimum atomic E-state index is -3.61. The molecule has 12 heteroatoms. The number of sulfonamides is 1. The molecule has 0 amide bonds. The Kier molecular flexibility index (Phi) is 6.70. The van der Waals surface area contributed by atoms with Crippen LogP contribution in [0.15, 0.2) is 60.8 Å². The van der Waals surface area contributed by atoms with Crippen molar-refractivity contribution in [2.75, 3.05) is 13.1 Å². The molecule has 2 aromatic heterocycles. The van der Waals surface area contributed by atoms with Crippen LogP contribution in [0.25, 0.3) is 17.5 Å². The maximum absolute atomic E-state index is 12.7. The Balaban J connectivity index is 1.74. The first-order valence-electron chi connectivity index (χ1n) is 8.86. The molecule has 0 fully saturated rings. The van der Waals surface area contributed by atoms with Crippen LogP contribution in [0.2, 0.25) is 0 Å². The van der Waals surface area contributed by atoms with Crippen molar-refractivity contribution in [1.29, 1.82) is 0 Å². The first-order chi connectivity index (χ1) is 14.3. The molecule has 0 unspecified atom stereocenters. The van der Waals surface area contributed by atoms with Gasteiger partial charge in [0.1, 0.15) is 10.7 Å². The van der Waals surface area contributed by atoms with Crippen molar-refractivity contribution in [3.05, 3.63) is 57.7 Å². The molecule has 0 N–H and O–H groups in total. The smallest absolute Gasteiger partial charge is 0.411 e. The van der Waals surface area contributed by atoms with E-state index in [1.807, 2.05) is 0 Å². The highest BCUT2D eigenvalue weighted by Gasteiger charge is 2.22. The molecule has 0 aliphatic rings. The van der Waals surface area contributed by atoms with Crippen LogP contribution in [0.5, 0.6) is 0 Å². The van der Waals surface area contributed by atoms with E-state index in [-0.39, 0.29) is 21.9 Å². The van der Waals surface area contributed by atoms with Crippen LogP contribution >= 0.6 is 11.8 Å². The number of thioether (sulfide) groups is 1. The lowest BCUT2D eigenvalue weighted by Gasteiger charge is -2.18. The van der Waals surface area contributed by atoms with Gasteiger partial charge in [0.15, 0.2) is 0 Å². The molecule has 0 atom stereocenters. The van der Waals surface area contributed by atoms with Crippen LogP contribution in [0.4, 0.5) is 5.88 Å². The van der Waals surface area contributed by atoms with Gasteiger partial charge in [0, 0.05) is 18.7 Å². The van der Waals surface area contributed by atoms with Crippen molar-refractivity contribution >= 4 is 33.7 Å². The molecular weight excluding hydrogens is 432 g/mol. The Hall–Kier alpha value is -2.96. The van der Waals surface area contributed by atoms with Gasteiger partial charge in [0.05, 0.1) is 11.0 Å². The van der Waals surface area contributed by atoms with Crippen LogP contribution in [0.3, 0.4) is 0 Å². The second-order valence-electron chi connectivity index (χ2n) is 5.84. The molecule has 0 saturated carbocycles. The molecule has 158 valence electrons. The van der Waals surface area contributed by atoms with Crippen LogP contribution in [-0.2, 0) is 10.0 Å². The largest absolute Gasteiger partial charge is 0.433 e. The molecule has 1 aromatic carbocycles. The highest BCUT2D eigenvalue weighted by atomic mass is 32.2. The lowest BCUT2D eigenvalue weighted by Crippen LogP contribution is -2.30. The van der Waals surface area contributed by atoms with Gasteiger partial charge in [-0.15, -0.1) is 10.2 Å². The highest BCUT2D eigenvalue weighted by Crippen LogP contribution is 2.27. The average Bonchev–Trinajstić information content (AvgIpc) is 3.39. The van der Waals surface area contributed by atoms with Gasteiger partial charge in [0.25, 0.3) is 5.22 Å². The fourth-order valence-electron chi connectivity index (χ4n) is 2.57. The molecule has 30 heavy (non-hydrogen) atoms. The lowest BCUT2D eigenvalue weighted by atomic mass is 10.2. The summed E-state index contributed by atoms with van der Waals surface area (Å²) in [6.45, 7) is 4.30. The van der Waals surface area contributed by atoms with Crippen molar-refractivity contribution in [3.63, 3.8) is 0 Å². The van der Waals surface area contributed by atoms with E-state index in [2.05, 4.69) is 10.2 Å². The Labute approximate surface area is 176 Å². The quantitative estimate of drug-likeness (QED) is 0.269. The molecule has 3 rings (SSSR count). The Morgan fingerprint density at radius 1 is 1.17 bits per heavy atom. The number of nitro groups is 1. The van der Waals surface area contributed by atoms with Crippen molar-refractivity contribution in [2.24, 2.45) is 0 Å². The van der Waals surface area contributed by atoms with Gasteiger partial charge in [0.2, 0.25) is 15.9 Å². The van der Waals surface area contributed by atoms with Crippen molar-refractivity contribution in [2.45, 2.75) is 24.0 Å². The minimum Gasteiger partial charge on any atom is -0.411 e. The predicted octanol–water partition coefficient (Wildman–Crippen LogP) is 4.03. The highest BCUT2D eigenvalue weighted by molar-refractivity contribution is 8.02. The van der Waals surface area contributed by atoms with Crippen molar-refractivity contribution in [3.8, 4) is 11.5 Å². The first-order valence-corrected chi connectivity index (χ1v) is 11.2. The van der Waals surface area contributed by atoms with Gasteiger partial charge in [-0.2, -0.15) is 4.31 Å². The fourth-order valence-corrected chi connectivity index (χ4v) is 4.60. The maximum Gasteiger partial charge on any atom is 0.433 e. The van der Waals surface area contributed by atoms with Gasteiger partial charge >= 0.3 is 5.88 Å². The molecule has 0 bridgehead atoms. The van der Waals surface area contributed by atoms with E-state index in [0.717, 1.165) is 11.8 Å². The predicted molar refractivity (Wildman–Crippen MR) is 110 cm³/mol. The summed E-state index contributed by atoms with van der Waals surface area (Å²) in [5.41, 5.74) is 0.480. The Morgan fingerprint density at radius 3 is 2.60 bits per heavy atom. The number of hydrogen-bond acceptors (Lipinski definition) is 9. The summed E-state index contributed by atoms with van der Waals surface area (Å²) >= 11 is 1.09. The number of furan rings is 1. The van der Waals surface area contributed by atoms with Crippen LogP contribution in [-0.4, -0.2) is 40.9 Å². The van der Waals surface area contributed by atoms with E-state index >= 15 is 0 Å². The third-order valence-electron chi connectivity index (χ3n) is 4.02. The van der Waals surface area contributed by atoms with Crippen LogP contribution in [0.1, 0.15) is 19.6 Å². The number of benzene rings is 1. The molecule has 0 radical (unpaired) electrons. The monoisotopic (exact) mass is 450 g/mol. The number of aromatic nitrogens is 2. The zero-order chi connectivity index (χ0) is 21.7. The first kappa shape index (κ1) is 21.7. The zero-order valence-corrected chi connectivity index (χ0v) is 17.7. The van der Waals surface area contributed by atoms with Gasteiger partial charge in [-0.1, -0.05) is 19.9 Å². The van der Waals surface area contributed by atoms with Gasteiger partial charge in [-0.05, 0) is 47.5 Å². The van der Waals surface area contributed by atoms with E-state index in [1.165, 1.54) is 34.6 Å². The standard InChI is InChI=1S/C18H18N4O6S2/c1-3-21(4-2)30(25,26)15-7-5-6-13(12-15)17-19-20-18(28-17)29-11-10-14-8-9-16(27-14)22(23)24/h5-12H,3-4H2,1-2H3/b11-10+. The molecule has 3 aromatic rings. The van der Waals surface area contributed by atoms with Gasteiger partial charge < -0.3 is 8.83 Å². The van der Waals surface area contributed by atoms with E-state index in [9.17, 15) is 18.5 Å². The summed E-state index contributed by atoms with van der Waals surface area (Å²) in [5, 5.41) is 20.3. The second kappa shape index (κ2) is 9.24. The SMILES string of the molecule is CCN(CC)S(=O)(=O)c1cccc(-c2nnc(S/C=C/c3ccc([N+](=O)[O-])o3)o2)c1. The topological polar surface area (TPSA) is 133 Å². The fraction of sp³-hybridized carbons (Fsp3) is 0.222. The lowest BCUT2D eigenvalue weighted by molar-refractivity contribution is -0.402. The van der Waals surface area contributed by atoms with E-state index < -0.39 is 14.9 Å². The summed E-state index contributed by atoms with van der Waals surface area (Å²) in [5.74, 6) is 0.138. The molecule has 0 saturated heterocycles. The Morgan fingerprint density at radius 2 is 1.93 bits per heavy atom. The van der Waals surface area contributed by atoms with E-state index in [1.54, 1.807) is 31.4 Å². The minimum absolute atomic E-state index is 0.149. The molecule has 0 aliphatic carbocycles. The molecular formula is C18H18N4O6S2. The third-order valence-corrected chi connectivity index (χ3v) is 6.71. The maximum atomic E-state index is 12.7. The summed E-state index contributed by atoms with van der Waals surface area (Å²) in [6.07, 6.45) is 1.53. The zero-order valence-electron chi connectivity index (χ0n) is 16.1. The summed E-state index contributed by atoms with van der Waals surface area (Å²) in [4.78, 5) is 10.1. The average molecular weight is 450 g/mol. The van der Waals surface area contributed by atoms with E-state index in [4.69, 9.17) is 8.83 Å². The molecule has 0 spiro atoms. The summed E-state index contributed by atoms with van der Waals surface area (Å²) in [6, 6.07) is 9.04. The molecule has 2 heterocycles. The summed E-state index contributed by atoms with van der Waals surface area (Å²) < 4.78 is 37.3. The second-order valence-corrected chi connectivity index (χ2v) is 8.64. The molecule has 0 aliphatic heterocycles. The Bertz CT molecular complexity index is 1160. The van der Waals surface area contributed by atoms with Gasteiger partial charge in [-0.25, -0.2) is 8.42 Å². The summed E-state index contributed by atoms with van der Waals surface area (Å²) in [7, 11) is -3.61. The van der Waals surface area contributed by atoms with Crippen molar-refractivity contribution in [1.82, 2.24) is 14.5 Å². The number of nitrogens with zero attached hydrogens (tertiary/aromatic N) is 4.